The third kappa shape index (κ3) is 6.59. The van der Waals surface area contributed by atoms with Crippen molar-refractivity contribution in [2.75, 3.05) is 19.6 Å². The van der Waals surface area contributed by atoms with Gasteiger partial charge in [-0.05, 0) is 98.9 Å². The van der Waals surface area contributed by atoms with Crippen LogP contribution in [0, 0.1) is 11.6 Å². The summed E-state index contributed by atoms with van der Waals surface area (Å²) in [6.45, 7) is 8.84. The Kier molecular flexibility index (Phi) is 8.91. The number of ether oxygens (including phenoxy) is 1. The van der Waals surface area contributed by atoms with Crippen molar-refractivity contribution in [3.63, 3.8) is 0 Å². The summed E-state index contributed by atoms with van der Waals surface area (Å²) in [5.74, 6) is -1.74. The van der Waals surface area contributed by atoms with Gasteiger partial charge in [-0.25, -0.2) is 13.6 Å². The zero-order valence-electron chi connectivity index (χ0n) is 26.2. The average Bonchev–Trinajstić information content (AvgIpc) is 3.85. The van der Waals surface area contributed by atoms with Crippen molar-refractivity contribution in [3.05, 3.63) is 81.7 Å². The Morgan fingerprint density at radius 2 is 1.78 bits per heavy atom. The van der Waals surface area contributed by atoms with Crippen LogP contribution in [0.5, 0.6) is 5.75 Å². The molecule has 0 spiro atoms. The minimum atomic E-state index is -1.05. The Balaban J connectivity index is 1.19. The van der Waals surface area contributed by atoms with Crippen LogP contribution in [0.2, 0.25) is 0 Å². The van der Waals surface area contributed by atoms with Crippen LogP contribution in [0.25, 0.3) is 11.1 Å². The molecule has 7 nitrogen and oxygen atoms in total. The van der Waals surface area contributed by atoms with E-state index in [9.17, 15) is 23.5 Å². The molecular weight excluding hydrogens is 576 g/mol. The molecule has 1 amide bonds. The zero-order valence-corrected chi connectivity index (χ0v) is 26.2. The van der Waals surface area contributed by atoms with Crippen LogP contribution in [0.3, 0.4) is 0 Å². The number of aromatic nitrogens is 1. The monoisotopic (exact) mass is 617 g/mol. The first-order valence-corrected chi connectivity index (χ1v) is 16.2. The number of piperidine rings is 1. The van der Waals surface area contributed by atoms with E-state index in [-0.39, 0.29) is 23.6 Å². The summed E-state index contributed by atoms with van der Waals surface area (Å²) >= 11 is 0. The molecule has 3 aromatic rings. The van der Waals surface area contributed by atoms with Crippen LogP contribution in [0.1, 0.15) is 102 Å². The predicted molar refractivity (Wildman–Crippen MR) is 168 cm³/mol. The number of hydrogen-bond acceptors (Lipinski definition) is 5. The number of aromatic carboxylic acids is 1. The fourth-order valence-electron chi connectivity index (χ4n) is 6.82. The highest BCUT2D eigenvalue weighted by Crippen LogP contribution is 2.47. The normalized spacial score (nSPS) is 17.6. The molecule has 0 bridgehead atoms. The smallest absolute Gasteiger partial charge is 0.337 e. The maximum atomic E-state index is 14.2. The van der Waals surface area contributed by atoms with Crippen molar-refractivity contribution in [2.24, 2.45) is 0 Å². The van der Waals surface area contributed by atoms with Crippen molar-refractivity contribution >= 4 is 11.9 Å². The van der Waals surface area contributed by atoms with Crippen molar-refractivity contribution in [1.82, 2.24) is 14.8 Å². The van der Waals surface area contributed by atoms with E-state index < -0.39 is 17.6 Å². The Bertz CT molecular complexity index is 1610. The predicted octanol–water partition coefficient (Wildman–Crippen LogP) is 7.01. The van der Waals surface area contributed by atoms with Crippen molar-refractivity contribution in [3.8, 4) is 16.9 Å². The molecule has 2 aromatic carbocycles. The lowest BCUT2D eigenvalue weighted by atomic mass is 9.93. The van der Waals surface area contributed by atoms with E-state index in [1.807, 2.05) is 31.7 Å². The minimum Gasteiger partial charge on any atom is -0.491 e. The van der Waals surface area contributed by atoms with Crippen molar-refractivity contribution in [2.45, 2.75) is 90.3 Å². The Hall–Kier alpha value is -3.85. The second kappa shape index (κ2) is 12.9. The molecule has 1 aliphatic carbocycles. The number of rotatable bonds is 10. The molecule has 1 saturated carbocycles. The first-order chi connectivity index (χ1) is 21.6. The first kappa shape index (κ1) is 31.1. The molecular formula is C36H41F2N3O4. The Morgan fingerprint density at radius 1 is 1.02 bits per heavy atom. The molecule has 0 radical (unpaired) electrons. The number of aryl methyl sites for hydroxylation is 1. The Morgan fingerprint density at radius 3 is 2.42 bits per heavy atom. The molecule has 9 heteroatoms. The molecule has 6 rings (SSSR count). The van der Waals surface area contributed by atoms with E-state index in [1.165, 1.54) is 18.2 Å². The maximum absolute atomic E-state index is 14.2. The van der Waals surface area contributed by atoms with Gasteiger partial charge in [-0.3, -0.25) is 14.7 Å². The summed E-state index contributed by atoms with van der Waals surface area (Å²) in [7, 11) is 0. The number of carbonyl (C=O) groups is 2. The minimum absolute atomic E-state index is 0.0544. The molecule has 2 aliphatic heterocycles. The fourth-order valence-corrected chi connectivity index (χ4v) is 6.82. The highest BCUT2D eigenvalue weighted by molar-refractivity contribution is 5.99. The van der Waals surface area contributed by atoms with Gasteiger partial charge in [0.2, 0.25) is 0 Å². The zero-order chi connectivity index (χ0) is 31.8. The van der Waals surface area contributed by atoms with Gasteiger partial charge < -0.3 is 14.7 Å². The fraction of sp³-hybridized carbons (Fsp3) is 0.472. The molecule has 1 aromatic heterocycles. The standard InChI is InChI=1S/C36H41F2N3O4/c1-4-5-32-29(36(43)44)18-28-33(39-32)12-15-41(35(28)42)25-10-13-40(14-11-25)20-24-16-26(22-6-7-22)27(19-34(24)45-21(2)3)23-8-9-30(37)31(38)17-23/h8-9,16-19,21-22,25H,4-7,10-15,20H2,1-3H3,(H,43,44). The van der Waals surface area contributed by atoms with Crippen molar-refractivity contribution in [1.29, 1.82) is 0 Å². The third-order valence-corrected chi connectivity index (χ3v) is 9.21. The maximum Gasteiger partial charge on any atom is 0.337 e. The van der Waals surface area contributed by atoms with Gasteiger partial charge in [0.15, 0.2) is 11.6 Å². The number of fused-ring (bicyclic) bond motifs is 1. The molecule has 238 valence electrons. The second-order valence-corrected chi connectivity index (χ2v) is 12.9. The van der Waals surface area contributed by atoms with Crippen LogP contribution in [0.15, 0.2) is 36.4 Å². The highest BCUT2D eigenvalue weighted by Gasteiger charge is 2.35. The van der Waals surface area contributed by atoms with Gasteiger partial charge in [-0.2, -0.15) is 0 Å². The molecule has 3 heterocycles. The number of halogens is 2. The first-order valence-electron chi connectivity index (χ1n) is 16.2. The summed E-state index contributed by atoms with van der Waals surface area (Å²) in [5, 5.41) is 9.75. The van der Waals surface area contributed by atoms with E-state index in [0.29, 0.717) is 54.4 Å². The molecule has 3 aliphatic rings. The molecule has 0 atom stereocenters. The second-order valence-electron chi connectivity index (χ2n) is 12.9. The van der Waals surface area contributed by atoms with E-state index in [1.54, 1.807) is 6.07 Å². The number of carboxylic acid groups (broad SMARTS) is 1. The number of carbonyl (C=O) groups excluding carboxylic acids is 1. The van der Waals surface area contributed by atoms with Gasteiger partial charge in [-0.1, -0.05) is 19.4 Å². The van der Waals surface area contributed by atoms with Crippen molar-refractivity contribution < 1.29 is 28.2 Å². The summed E-state index contributed by atoms with van der Waals surface area (Å²) < 4.78 is 34.2. The van der Waals surface area contributed by atoms with Crippen LogP contribution in [0.4, 0.5) is 8.78 Å². The number of nitrogens with zero attached hydrogens (tertiary/aromatic N) is 3. The lowest BCUT2D eigenvalue weighted by Crippen LogP contribution is -2.50. The van der Waals surface area contributed by atoms with E-state index in [0.717, 1.165) is 67.6 Å². The molecule has 45 heavy (non-hydrogen) atoms. The van der Waals surface area contributed by atoms with Crippen LogP contribution >= 0.6 is 0 Å². The van der Waals surface area contributed by atoms with Gasteiger partial charge in [-0.15, -0.1) is 0 Å². The summed E-state index contributed by atoms with van der Waals surface area (Å²) in [4.78, 5) is 34.4. The molecule has 2 fully saturated rings. The number of carboxylic acids is 1. The SMILES string of the molecule is CCCc1nc2c(cc1C(=O)O)C(=O)N(C1CCN(Cc3cc(C4CC4)c(-c4ccc(F)c(F)c4)cc3OC(C)C)CC1)CC2. The summed E-state index contributed by atoms with van der Waals surface area (Å²) in [6, 6.07) is 9.89. The number of likely N-dealkylation sites (tertiary alicyclic amines) is 1. The lowest BCUT2D eigenvalue weighted by molar-refractivity contribution is 0.0542. The van der Waals surface area contributed by atoms with Gasteiger partial charge in [0.05, 0.1) is 28.6 Å². The van der Waals surface area contributed by atoms with E-state index >= 15 is 0 Å². The van der Waals surface area contributed by atoms with Gasteiger partial charge >= 0.3 is 5.97 Å². The topological polar surface area (TPSA) is 83.0 Å². The van der Waals surface area contributed by atoms with E-state index in [2.05, 4.69) is 16.0 Å². The molecule has 0 unspecified atom stereocenters. The number of amides is 1. The van der Waals surface area contributed by atoms with Gasteiger partial charge in [0, 0.05) is 44.2 Å². The number of pyridine rings is 1. The summed E-state index contributed by atoms with van der Waals surface area (Å²) in [6.07, 6.45) is 5.71. The molecule has 1 N–H and O–H groups in total. The Labute approximate surface area is 263 Å². The highest BCUT2D eigenvalue weighted by atomic mass is 19.2. The lowest BCUT2D eigenvalue weighted by Gasteiger charge is -2.40. The van der Waals surface area contributed by atoms with Crippen LogP contribution < -0.4 is 4.74 Å². The van der Waals surface area contributed by atoms with E-state index in [4.69, 9.17) is 4.74 Å². The molecule has 1 saturated heterocycles. The summed E-state index contributed by atoms with van der Waals surface area (Å²) in [5.41, 5.74) is 5.58. The van der Waals surface area contributed by atoms with Gasteiger partial charge in [0.25, 0.3) is 5.91 Å². The third-order valence-electron chi connectivity index (χ3n) is 9.21. The largest absolute Gasteiger partial charge is 0.491 e. The number of benzene rings is 2. The van der Waals surface area contributed by atoms with Crippen LogP contribution in [-0.4, -0.2) is 63.5 Å². The van der Waals surface area contributed by atoms with Gasteiger partial charge in [0.1, 0.15) is 5.75 Å². The quantitative estimate of drug-likeness (QED) is 0.264. The number of hydrogen-bond donors (Lipinski definition) is 1. The van der Waals surface area contributed by atoms with Crippen LogP contribution in [-0.2, 0) is 19.4 Å². The average molecular weight is 618 g/mol.